The zero-order valence-corrected chi connectivity index (χ0v) is 15.2. The Hall–Kier alpha value is -3.09. The minimum atomic E-state index is -1.10. The molecular formula is C20H21FN2O4. The van der Waals surface area contributed by atoms with E-state index in [4.69, 9.17) is 9.47 Å². The van der Waals surface area contributed by atoms with Crippen LogP contribution >= 0.6 is 0 Å². The number of carbonyl (C=O) groups is 2. The summed E-state index contributed by atoms with van der Waals surface area (Å²) >= 11 is 0. The number of nitrogens with one attached hydrogen (secondary N) is 1. The van der Waals surface area contributed by atoms with E-state index < -0.39 is 11.6 Å². The summed E-state index contributed by atoms with van der Waals surface area (Å²) < 4.78 is 23.6. The van der Waals surface area contributed by atoms with Gasteiger partial charge >= 0.3 is 6.03 Å². The van der Waals surface area contributed by atoms with Crippen LogP contribution in [0.3, 0.4) is 0 Å². The quantitative estimate of drug-likeness (QED) is 0.759. The van der Waals surface area contributed by atoms with Gasteiger partial charge in [-0.15, -0.1) is 0 Å². The van der Waals surface area contributed by atoms with Crippen molar-refractivity contribution in [3.05, 3.63) is 59.9 Å². The number of ether oxygens (including phenoxy) is 2. The highest BCUT2D eigenvalue weighted by molar-refractivity contribution is 6.07. The number of carbonyl (C=O) groups excluding carboxylic acids is 2. The Morgan fingerprint density at radius 1 is 1.04 bits per heavy atom. The van der Waals surface area contributed by atoms with E-state index in [1.165, 1.54) is 24.3 Å². The average molecular weight is 372 g/mol. The van der Waals surface area contributed by atoms with Crippen molar-refractivity contribution in [1.82, 2.24) is 10.2 Å². The van der Waals surface area contributed by atoms with E-state index in [1.807, 2.05) is 6.92 Å². The van der Waals surface area contributed by atoms with Crippen LogP contribution in [0.2, 0.25) is 0 Å². The van der Waals surface area contributed by atoms with E-state index in [1.54, 1.807) is 31.4 Å². The second-order valence-electron chi connectivity index (χ2n) is 6.18. The predicted octanol–water partition coefficient (Wildman–Crippen LogP) is 3.07. The summed E-state index contributed by atoms with van der Waals surface area (Å²) in [6, 6.07) is 12.2. The lowest BCUT2D eigenvalue weighted by Gasteiger charge is -2.26. The van der Waals surface area contributed by atoms with Crippen LogP contribution in [-0.4, -0.2) is 37.1 Å². The Morgan fingerprint density at radius 2 is 1.67 bits per heavy atom. The Labute approximate surface area is 156 Å². The molecule has 3 amide bonds. The van der Waals surface area contributed by atoms with Crippen molar-refractivity contribution in [2.24, 2.45) is 0 Å². The number of hydrogen-bond donors (Lipinski definition) is 1. The first-order valence-corrected chi connectivity index (χ1v) is 8.67. The van der Waals surface area contributed by atoms with Crippen molar-refractivity contribution in [1.29, 1.82) is 0 Å². The number of benzene rings is 2. The molecule has 27 heavy (non-hydrogen) atoms. The van der Waals surface area contributed by atoms with Crippen LogP contribution in [0, 0.1) is 5.82 Å². The molecule has 3 rings (SSSR count). The highest BCUT2D eigenvalue weighted by Crippen LogP contribution is 2.33. The second-order valence-corrected chi connectivity index (χ2v) is 6.18. The summed E-state index contributed by atoms with van der Waals surface area (Å²) in [6.45, 7) is 2.06. The van der Waals surface area contributed by atoms with Gasteiger partial charge in [-0.25, -0.2) is 9.18 Å². The zero-order chi connectivity index (χ0) is 19.4. The largest absolute Gasteiger partial charge is 0.497 e. The SMILES string of the molecule is CCC1(c2ccc(OC)cc2)NC(=O)N(CCOc2ccc(F)cc2)C1=O. The van der Waals surface area contributed by atoms with Crippen molar-refractivity contribution >= 4 is 11.9 Å². The molecule has 1 saturated heterocycles. The molecule has 1 N–H and O–H groups in total. The number of nitrogens with zero attached hydrogens (tertiary/aromatic N) is 1. The van der Waals surface area contributed by atoms with E-state index in [2.05, 4.69) is 5.32 Å². The monoisotopic (exact) mass is 372 g/mol. The van der Waals surface area contributed by atoms with Gasteiger partial charge in [-0.1, -0.05) is 19.1 Å². The summed E-state index contributed by atoms with van der Waals surface area (Å²) in [6.07, 6.45) is 0.416. The van der Waals surface area contributed by atoms with Gasteiger partial charge in [0.05, 0.1) is 13.7 Å². The fourth-order valence-electron chi connectivity index (χ4n) is 3.13. The van der Waals surface area contributed by atoms with Gasteiger partial charge < -0.3 is 14.8 Å². The third-order valence-corrected chi connectivity index (χ3v) is 4.69. The highest BCUT2D eigenvalue weighted by Gasteiger charge is 2.51. The molecule has 7 heteroatoms. The lowest BCUT2D eigenvalue weighted by Crippen LogP contribution is -2.43. The minimum absolute atomic E-state index is 0.0972. The Morgan fingerprint density at radius 3 is 2.26 bits per heavy atom. The first kappa shape index (κ1) is 18.7. The Kier molecular flexibility index (Phi) is 5.30. The maximum absolute atomic E-state index is 13.0. The number of rotatable bonds is 7. The molecule has 1 aliphatic heterocycles. The van der Waals surface area contributed by atoms with E-state index in [0.717, 1.165) is 4.90 Å². The molecule has 6 nitrogen and oxygen atoms in total. The molecule has 0 aromatic heterocycles. The van der Waals surface area contributed by atoms with Gasteiger partial charge in [0.25, 0.3) is 5.91 Å². The van der Waals surface area contributed by atoms with Crippen molar-refractivity contribution < 1.29 is 23.5 Å². The van der Waals surface area contributed by atoms with Crippen LogP contribution in [0.5, 0.6) is 11.5 Å². The molecular weight excluding hydrogens is 351 g/mol. The molecule has 1 heterocycles. The molecule has 1 aliphatic rings. The average Bonchev–Trinajstić information content (AvgIpc) is 2.94. The number of imide groups is 1. The topological polar surface area (TPSA) is 67.9 Å². The maximum Gasteiger partial charge on any atom is 0.325 e. The normalized spacial score (nSPS) is 19.1. The Balaban J connectivity index is 1.71. The predicted molar refractivity (Wildman–Crippen MR) is 97.1 cm³/mol. The van der Waals surface area contributed by atoms with Crippen LogP contribution in [0.1, 0.15) is 18.9 Å². The standard InChI is InChI=1S/C20H21FN2O4/c1-3-20(14-4-8-16(26-2)9-5-14)18(24)23(19(25)22-20)12-13-27-17-10-6-15(21)7-11-17/h4-11H,3,12-13H2,1-2H3,(H,22,25). The summed E-state index contributed by atoms with van der Waals surface area (Å²) in [4.78, 5) is 26.6. The molecule has 2 aromatic carbocycles. The lowest BCUT2D eigenvalue weighted by atomic mass is 9.87. The molecule has 0 spiro atoms. The van der Waals surface area contributed by atoms with Crippen LogP contribution < -0.4 is 14.8 Å². The first-order chi connectivity index (χ1) is 13.0. The molecule has 0 radical (unpaired) electrons. The zero-order valence-electron chi connectivity index (χ0n) is 15.2. The van der Waals surface area contributed by atoms with Gasteiger partial charge in [-0.05, 0) is 48.4 Å². The molecule has 0 saturated carbocycles. The lowest BCUT2D eigenvalue weighted by molar-refractivity contribution is -0.132. The molecule has 1 unspecified atom stereocenters. The van der Waals surface area contributed by atoms with Crippen molar-refractivity contribution in [2.75, 3.05) is 20.3 Å². The number of methoxy groups -OCH3 is 1. The van der Waals surface area contributed by atoms with Gasteiger partial charge in [0.15, 0.2) is 0 Å². The summed E-state index contributed by atoms with van der Waals surface area (Å²) in [5, 5.41) is 2.82. The fraction of sp³-hybridized carbons (Fsp3) is 0.300. The van der Waals surface area contributed by atoms with E-state index >= 15 is 0 Å². The van der Waals surface area contributed by atoms with Gasteiger partial charge in [0.1, 0.15) is 29.5 Å². The van der Waals surface area contributed by atoms with Gasteiger partial charge in [-0.3, -0.25) is 9.69 Å². The van der Waals surface area contributed by atoms with Gasteiger partial charge in [-0.2, -0.15) is 0 Å². The third kappa shape index (κ3) is 3.58. The molecule has 0 aliphatic carbocycles. The maximum atomic E-state index is 13.0. The fourth-order valence-corrected chi connectivity index (χ4v) is 3.13. The Bertz CT molecular complexity index is 823. The molecule has 142 valence electrons. The van der Waals surface area contributed by atoms with Crippen LogP contribution in [-0.2, 0) is 10.3 Å². The van der Waals surface area contributed by atoms with Crippen molar-refractivity contribution in [2.45, 2.75) is 18.9 Å². The molecule has 2 aromatic rings. The number of halogens is 1. The van der Waals surface area contributed by atoms with Crippen LogP contribution in [0.4, 0.5) is 9.18 Å². The van der Waals surface area contributed by atoms with Crippen LogP contribution in [0.25, 0.3) is 0 Å². The van der Waals surface area contributed by atoms with Gasteiger partial charge in [0, 0.05) is 0 Å². The van der Waals surface area contributed by atoms with E-state index in [9.17, 15) is 14.0 Å². The number of amides is 3. The number of hydrogen-bond acceptors (Lipinski definition) is 4. The number of urea groups is 1. The highest BCUT2D eigenvalue weighted by atomic mass is 19.1. The van der Waals surface area contributed by atoms with Gasteiger partial charge in [0.2, 0.25) is 0 Å². The summed E-state index contributed by atoms with van der Waals surface area (Å²) in [5.41, 5.74) is -0.398. The van der Waals surface area contributed by atoms with Crippen molar-refractivity contribution in [3.63, 3.8) is 0 Å². The smallest absolute Gasteiger partial charge is 0.325 e. The first-order valence-electron chi connectivity index (χ1n) is 8.67. The second kappa shape index (κ2) is 7.65. The van der Waals surface area contributed by atoms with Crippen LogP contribution in [0.15, 0.2) is 48.5 Å². The summed E-state index contributed by atoms with van der Waals surface area (Å²) in [5.74, 6) is 0.471. The van der Waals surface area contributed by atoms with Crippen molar-refractivity contribution in [3.8, 4) is 11.5 Å². The van der Waals surface area contributed by atoms with E-state index in [-0.39, 0.29) is 24.9 Å². The van der Waals surface area contributed by atoms with E-state index in [0.29, 0.717) is 23.5 Å². The molecule has 0 bridgehead atoms. The third-order valence-electron chi connectivity index (χ3n) is 4.69. The molecule has 1 atom stereocenters. The minimum Gasteiger partial charge on any atom is -0.497 e. The molecule has 1 fully saturated rings. The summed E-state index contributed by atoms with van der Waals surface area (Å²) in [7, 11) is 1.57.